The molecule has 35 heavy (non-hydrogen) atoms. The molecule has 0 aromatic heterocycles. The Hall–Kier alpha value is -3.47. The third-order valence-corrected chi connectivity index (χ3v) is 8.08. The number of halogens is 1. The normalized spacial score (nSPS) is 20.5. The van der Waals surface area contributed by atoms with Gasteiger partial charge in [0.25, 0.3) is 0 Å². The van der Waals surface area contributed by atoms with Crippen LogP contribution >= 0.6 is 0 Å². The summed E-state index contributed by atoms with van der Waals surface area (Å²) in [6, 6.07) is 27.3. The van der Waals surface area contributed by atoms with Gasteiger partial charge in [0, 0.05) is 6.92 Å². The molecule has 0 bridgehead atoms. The third kappa shape index (κ3) is 4.24. The second-order valence-corrected chi connectivity index (χ2v) is 9.86. The van der Waals surface area contributed by atoms with E-state index >= 15 is 0 Å². The van der Waals surface area contributed by atoms with Crippen molar-refractivity contribution in [2.45, 2.75) is 44.2 Å². The van der Waals surface area contributed by atoms with Gasteiger partial charge < -0.3 is 5.73 Å². The highest BCUT2D eigenvalue weighted by Gasteiger charge is 2.52. The predicted octanol–water partition coefficient (Wildman–Crippen LogP) is 4.71. The highest BCUT2D eigenvalue weighted by Crippen LogP contribution is 2.48. The molecule has 2 unspecified atom stereocenters. The van der Waals surface area contributed by atoms with Crippen LogP contribution in [-0.4, -0.2) is 40.3 Å². The number of nitrogens with zero attached hydrogens (tertiary/aromatic N) is 2. The summed E-state index contributed by atoms with van der Waals surface area (Å²) >= 11 is 0. The molecular weight excluding hydrogens is 437 g/mol. The molecule has 0 spiro atoms. The van der Waals surface area contributed by atoms with Crippen LogP contribution in [0.3, 0.4) is 0 Å². The molecule has 0 radical (unpaired) electrons. The van der Waals surface area contributed by atoms with Gasteiger partial charge in [-0.15, -0.1) is 0 Å². The van der Waals surface area contributed by atoms with Gasteiger partial charge in [-0.25, -0.2) is 4.39 Å². The van der Waals surface area contributed by atoms with Crippen LogP contribution in [0.4, 0.5) is 4.39 Å². The SMILES string of the molecule is CC1=[N+](Cc2ccc(F)cc2)CCN1C1CCC(C(C(N)=O)(c2ccccc2)c2ccccc2)C1. The van der Waals surface area contributed by atoms with Crippen molar-refractivity contribution >= 4 is 11.7 Å². The maximum Gasteiger partial charge on any atom is 0.244 e. The fraction of sp³-hybridized carbons (Fsp3) is 0.333. The molecule has 1 amide bonds. The molecular formula is C30H33FN3O+. The van der Waals surface area contributed by atoms with Crippen LogP contribution in [0.15, 0.2) is 84.9 Å². The van der Waals surface area contributed by atoms with E-state index < -0.39 is 5.41 Å². The number of nitrogens with two attached hydrogens (primary N) is 1. The van der Waals surface area contributed by atoms with Crippen LogP contribution in [-0.2, 0) is 16.8 Å². The van der Waals surface area contributed by atoms with E-state index in [0.717, 1.165) is 55.6 Å². The molecule has 2 atom stereocenters. The summed E-state index contributed by atoms with van der Waals surface area (Å²) in [5.41, 5.74) is 8.48. The molecule has 3 aromatic carbocycles. The lowest BCUT2D eigenvalue weighted by atomic mass is 9.64. The Bertz CT molecular complexity index is 1170. The zero-order chi connectivity index (χ0) is 24.4. The summed E-state index contributed by atoms with van der Waals surface area (Å²) in [7, 11) is 0. The number of hydrogen-bond acceptors (Lipinski definition) is 2. The minimum atomic E-state index is -0.849. The number of carbonyl (C=O) groups excluding carboxylic acids is 1. The van der Waals surface area contributed by atoms with E-state index in [4.69, 9.17) is 5.73 Å². The smallest absolute Gasteiger partial charge is 0.244 e. The predicted molar refractivity (Wildman–Crippen MR) is 137 cm³/mol. The van der Waals surface area contributed by atoms with Gasteiger partial charge in [0.2, 0.25) is 11.7 Å². The quantitative estimate of drug-likeness (QED) is 0.509. The molecule has 4 nitrogen and oxygen atoms in total. The average Bonchev–Trinajstić information content (AvgIpc) is 3.49. The Balaban J connectivity index is 1.43. The zero-order valence-corrected chi connectivity index (χ0v) is 20.2. The minimum absolute atomic E-state index is 0.119. The average molecular weight is 471 g/mol. The topological polar surface area (TPSA) is 49.3 Å². The van der Waals surface area contributed by atoms with Crippen molar-refractivity contribution in [3.8, 4) is 0 Å². The van der Waals surface area contributed by atoms with Crippen LogP contribution < -0.4 is 5.73 Å². The first-order valence-electron chi connectivity index (χ1n) is 12.5. The van der Waals surface area contributed by atoms with Gasteiger partial charge in [0.15, 0.2) is 0 Å². The summed E-state index contributed by atoms with van der Waals surface area (Å²) in [5.74, 6) is 0.891. The van der Waals surface area contributed by atoms with E-state index in [1.54, 1.807) is 0 Å². The van der Waals surface area contributed by atoms with Crippen molar-refractivity contribution < 1.29 is 13.8 Å². The van der Waals surface area contributed by atoms with Crippen molar-refractivity contribution in [3.05, 3.63) is 107 Å². The largest absolute Gasteiger partial charge is 0.369 e. The maximum absolute atomic E-state index is 13.3. The van der Waals surface area contributed by atoms with E-state index in [9.17, 15) is 9.18 Å². The summed E-state index contributed by atoms with van der Waals surface area (Å²) in [5, 5.41) is 0. The first-order chi connectivity index (χ1) is 17.0. The Labute approximate surface area is 206 Å². The fourth-order valence-corrected chi connectivity index (χ4v) is 6.34. The Morgan fingerprint density at radius 3 is 2.14 bits per heavy atom. The van der Waals surface area contributed by atoms with Crippen LogP contribution in [0.5, 0.6) is 0 Å². The van der Waals surface area contributed by atoms with E-state index in [2.05, 4.69) is 16.4 Å². The second kappa shape index (κ2) is 9.65. The van der Waals surface area contributed by atoms with Crippen LogP contribution in [0.25, 0.3) is 0 Å². The summed E-state index contributed by atoms with van der Waals surface area (Å²) < 4.78 is 15.7. The van der Waals surface area contributed by atoms with E-state index in [-0.39, 0.29) is 17.6 Å². The number of primary amides is 1. The molecule has 180 valence electrons. The number of hydrogen-bond donors (Lipinski definition) is 1. The first kappa shape index (κ1) is 23.3. The van der Waals surface area contributed by atoms with Gasteiger partial charge in [0.05, 0.1) is 6.04 Å². The van der Waals surface area contributed by atoms with E-state index in [0.29, 0.717) is 6.04 Å². The summed E-state index contributed by atoms with van der Waals surface area (Å²) in [4.78, 5) is 15.9. The molecule has 1 saturated carbocycles. The van der Waals surface area contributed by atoms with E-state index in [1.165, 1.54) is 18.0 Å². The number of rotatable bonds is 7. The minimum Gasteiger partial charge on any atom is -0.369 e. The van der Waals surface area contributed by atoms with E-state index in [1.807, 2.05) is 72.8 Å². The lowest BCUT2D eigenvalue weighted by Crippen LogP contribution is -2.48. The van der Waals surface area contributed by atoms with Gasteiger partial charge >= 0.3 is 0 Å². The number of benzene rings is 3. The van der Waals surface area contributed by atoms with Crippen molar-refractivity contribution in [1.82, 2.24) is 4.90 Å². The molecule has 1 fully saturated rings. The lowest BCUT2D eigenvalue weighted by molar-refractivity contribution is -0.534. The second-order valence-electron chi connectivity index (χ2n) is 9.86. The zero-order valence-electron chi connectivity index (χ0n) is 20.2. The van der Waals surface area contributed by atoms with Gasteiger partial charge in [0.1, 0.15) is 30.9 Å². The molecule has 0 saturated heterocycles. The number of carbonyl (C=O) groups is 1. The fourth-order valence-electron chi connectivity index (χ4n) is 6.34. The highest BCUT2D eigenvalue weighted by molar-refractivity contribution is 5.91. The molecule has 2 aliphatic rings. The molecule has 5 heteroatoms. The first-order valence-corrected chi connectivity index (χ1v) is 12.5. The van der Waals surface area contributed by atoms with Crippen molar-refractivity contribution in [1.29, 1.82) is 0 Å². The molecule has 1 heterocycles. The molecule has 3 aromatic rings. The standard InChI is InChI=1S/C30H32FN3O/c1-22-33(21-23-12-15-27(31)16-13-23)18-19-34(22)28-17-14-26(20-28)30(29(32)35,24-8-4-2-5-9-24)25-10-6-3-7-11-25/h2-13,15-16,26,28H,14,17-21H2,1H3,(H-,32,35)/p+1. The van der Waals surface area contributed by atoms with Gasteiger partial charge in [-0.3, -0.25) is 14.3 Å². The van der Waals surface area contributed by atoms with Crippen molar-refractivity contribution in [3.63, 3.8) is 0 Å². The number of amidine groups is 1. The van der Waals surface area contributed by atoms with Gasteiger partial charge in [-0.05, 0) is 54.0 Å². The Kier molecular flexibility index (Phi) is 6.42. The molecule has 1 aliphatic heterocycles. The monoisotopic (exact) mass is 470 g/mol. The van der Waals surface area contributed by atoms with Gasteiger partial charge in [-0.2, -0.15) is 0 Å². The highest BCUT2D eigenvalue weighted by atomic mass is 19.1. The summed E-state index contributed by atoms with van der Waals surface area (Å²) in [6.07, 6.45) is 2.88. The maximum atomic E-state index is 13.3. The summed E-state index contributed by atoms with van der Waals surface area (Å²) in [6.45, 7) is 4.87. The Morgan fingerprint density at radius 2 is 1.57 bits per heavy atom. The number of amides is 1. The van der Waals surface area contributed by atoms with Crippen molar-refractivity contribution in [2.24, 2.45) is 11.7 Å². The molecule has 1 aliphatic carbocycles. The van der Waals surface area contributed by atoms with Crippen LogP contribution in [0.2, 0.25) is 0 Å². The molecule has 5 rings (SSSR count). The lowest BCUT2D eigenvalue weighted by Gasteiger charge is -2.37. The molecule has 2 N–H and O–H groups in total. The van der Waals surface area contributed by atoms with Crippen LogP contribution in [0.1, 0.15) is 42.9 Å². The van der Waals surface area contributed by atoms with Crippen LogP contribution in [0, 0.1) is 11.7 Å². The Morgan fingerprint density at radius 1 is 0.971 bits per heavy atom. The van der Waals surface area contributed by atoms with Gasteiger partial charge in [-0.1, -0.05) is 72.8 Å². The third-order valence-electron chi connectivity index (χ3n) is 8.08. The van der Waals surface area contributed by atoms with Crippen molar-refractivity contribution in [2.75, 3.05) is 13.1 Å².